The first-order chi connectivity index (χ1) is 12.2. The Morgan fingerprint density at radius 2 is 1.92 bits per heavy atom. The summed E-state index contributed by atoms with van der Waals surface area (Å²) < 4.78 is 6.09. The molecule has 1 aromatic heterocycles. The van der Waals surface area contributed by atoms with Gasteiger partial charge in [0.2, 0.25) is 0 Å². The third-order valence-electron chi connectivity index (χ3n) is 4.04. The van der Waals surface area contributed by atoms with Gasteiger partial charge in [-0.15, -0.1) is 11.3 Å². The standard InChI is InChI=1S/C21H24N2OS/c1-15(2)18-11-17(19-14-25-21(23-19)12-22-3)9-10-20(18)24-13-16-7-5-4-6-8-16/h4-11,14-15,22H,12-13H2,1-3H3. The maximum atomic E-state index is 6.09. The van der Waals surface area contributed by atoms with Crippen molar-refractivity contribution < 1.29 is 4.74 Å². The highest BCUT2D eigenvalue weighted by molar-refractivity contribution is 7.09. The zero-order valence-electron chi connectivity index (χ0n) is 15.0. The first kappa shape index (κ1) is 17.6. The summed E-state index contributed by atoms with van der Waals surface area (Å²) in [5.74, 6) is 1.34. The predicted molar refractivity (Wildman–Crippen MR) is 105 cm³/mol. The molecular formula is C21H24N2OS. The van der Waals surface area contributed by atoms with Crippen molar-refractivity contribution in [1.82, 2.24) is 10.3 Å². The van der Waals surface area contributed by atoms with Crippen molar-refractivity contribution in [2.75, 3.05) is 7.05 Å². The molecule has 0 aliphatic rings. The molecule has 0 spiro atoms. The van der Waals surface area contributed by atoms with E-state index in [1.54, 1.807) is 11.3 Å². The second kappa shape index (κ2) is 8.28. The molecule has 0 fully saturated rings. The maximum Gasteiger partial charge on any atom is 0.123 e. The maximum absolute atomic E-state index is 6.09. The first-order valence-electron chi connectivity index (χ1n) is 8.57. The Bertz CT molecular complexity index is 812. The minimum absolute atomic E-state index is 0.390. The van der Waals surface area contributed by atoms with Crippen LogP contribution in [0.2, 0.25) is 0 Å². The topological polar surface area (TPSA) is 34.2 Å². The normalized spacial score (nSPS) is 11.0. The Morgan fingerprint density at radius 1 is 1.12 bits per heavy atom. The van der Waals surface area contributed by atoms with Crippen molar-refractivity contribution in [3.63, 3.8) is 0 Å². The lowest BCUT2D eigenvalue weighted by Crippen LogP contribution is -2.04. The van der Waals surface area contributed by atoms with E-state index in [4.69, 9.17) is 9.72 Å². The van der Waals surface area contributed by atoms with Crippen LogP contribution >= 0.6 is 11.3 Å². The second-order valence-corrected chi connectivity index (χ2v) is 7.28. The van der Waals surface area contributed by atoms with Crippen molar-refractivity contribution in [3.8, 4) is 17.0 Å². The third kappa shape index (κ3) is 4.47. The van der Waals surface area contributed by atoms with Gasteiger partial charge in [0, 0.05) is 17.5 Å². The van der Waals surface area contributed by atoms with Gasteiger partial charge in [-0.2, -0.15) is 0 Å². The molecule has 0 saturated heterocycles. The molecule has 3 nitrogen and oxygen atoms in total. The second-order valence-electron chi connectivity index (χ2n) is 6.34. The summed E-state index contributed by atoms with van der Waals surface area (Å²) in [6.07, 6.45) is 0. The first-order valence-corrected chi connectivity index (χ1v) is 9.45. The van der Waals surface area contributed by atoms with E-state index >= 15 is 0 Å². The number of thiazole rings is 1. The molecule has 25 heavy (non-hydrogen) atoms. The van der Waals surface area contributed by atoms with E-state index < -0.39 is 0 Å². The van der Waals surface area contributed by atoms with Crippen LogP contribution in [0.1, 0.15) is 35.9 Å². The fourth-order valence-corrected chi connectivity index (χ4v) is 3.52. The van der Waals surface area contributed by atoms with Crippen molar-refractivity contribution in [2.24, 2.45) is 0 Å². The number of nitrogens with one attached hydrogen (secondary N) is 1. The van der Waals surface area contributed by atoms with Gasteiger partial charge in [-0.1, -0.05) is 44.2 Å². The van der Waals surface area contributed by atoms with Gasteiger partial charge in [0.1, 0.15) is 17.4 Å². The summed E-state index contributed by atoms with van der Waals surface area (Å²) in [5, 5.41) is 6.37. The Labute approximate surface area is 153 Å². The smallest absolute Gasteiger partial charge is 0.123 e. The fourth-order valence-electron chi connectivity index (χ4n) is 2.70. The highest BCUT2D eigenvalue weighted by Crippen LogP contribution is 2.32. The Morgan fingerprint density at radius 3 is 2.64 bits per heavy atom. The van der Waals surface area contributed by atoms with Gasteiger partial charge in [0.25, 0.3) is 0 Å². The lowest BCUT2D eigenvalue weighted by molar-refractivity contribution is 0.302. The number of benzene rings is 2. The molecule has 1 N–H and O–H groups in total. The van der Waals surface area contributed by atoms with Gasteiger partial charge in [-0.25, -0.2) is 4.98 Å². The molecule has 0 amide bonds. The molecule has 2 aromatic carbocycles. The highest BCUT2D eigenvalue weighted by Gasteiger charge is 2.12. The number of nitrogens with zero attached hydrogens (tertiary/aromatic N) is 1. The van der Waals surface area contributed by atoms with E-state index in [1.807, 2.05) is 25.2 Å². The molecule has 3 aromatic rings. The molecule has 1 heterocycles. The van der Waals surface area contributed by atoms with Crippen LogP contribution in [0, 0.1) is 0 Å². The Balaban J connectivity index is 1.82. The molecule has 0 radical (unpaired) electrons. The molecule has 130 valence electrons. The molecule has 4 heteroatoms. The largest absolute Gasteiger partial charge is 0.489 e. The van der Waals surface area contributed by atoms with E-state index in [2.05, 4.69) is 54.9 Å². The predicted octanol–water partition coefficient (Wildman–Crippen LogP) is 5.23. The van der Waals surface area contributed by atoms with Gasteiger partial charge in [-0.05, 0) is 42.3 Å². The zero-order valence-corrected chi connectivity index (χ0v) is 15.8. The average Bonchev–Trinajstić information content (AvgIpc) is 3.09. The van der Waals surface area contributed by atoms with Crippen LogP contribution in [0.5, 0.6) is 5.75 Å². The van der Waals surface area contributed by atoms with Crippen LogP contribution in [-0.4, -0.2) is 12.0 Å². The van der Waals surface area contributed by atoms with Gasteiger partial charge < -0.3 is 10.1 Å². The molecule has 0 unspecified atom stereocenters. The van der Waals surface area contributed by atoms with Crippen LogP contribution in [0.25, 0.3) is 11.3 Å². The van der Waals surface area contributed by atoms with E-state index in [9.17, 15) is 0 Å². The number of hydrogen-bond donors (Lipinski definition) is 1. The summed E-state index contributed by atoms with van der Waals surface area (Å²) in [4.78, 5) is 4.71. The fraction of sp³-hybridized carbons (Fsp3) is 0.286. The van der Waals surface area contributed by atoms with Crippen LogP contribution < -0.4 is 10.1 Å². The van der Waals surface area contributed by atoms with Gasteiger partial charge >= 0.3 is 0 Å². The highest BCUT2D eigenvalue weighted by atomic mass is 32.1. The van der Waals surface area contributed by atoms with Crippen LogP contribution in [0.15, 0.2) is 53.9 Å². The summed E-state index contributed by atoms with van der Waals surface area (Å²) in [7, 11) is 1.94. The van der Waals surface area contributed by atoms with E-state index in [0.717, 1.165) is 28.6 Å². The molecular weight excluding hydrogens is 328 g/mol. The molecule has 0 aliphatic carbocycles. The van der Waals surface area contributed by atoms with Gasteiger partial charge in [0.15, 0.2) is 0 Å². The minimum Gasteiger partial charge on any atom is -0.489 e. The van der Waals surface area contributed by atoms with Crippen LogP contribution in [-0.2, 0) is 13.2 Å². The van der Waals surface area contributed by atoms with Crippen molar-refractivity contribution in [1.29, 1.82) is 0 Å². The third-order valence-corrected chi connectivity index (χ3v) is 4.89. The minimum atomic E-state index is 0.390. The summed E-state index contributed by atoms with van der Waals surface area (Å²) in [6.45, 7) is 5.78. The van der Waals surface area contributed by atoms with E-state index in [1.165, 1.54) is 11.1 Å². The zero-order chi connectivity index (χ0) is 17.6. The lowest BCUT2D eigenvalue weighted by Gasteiger charge is -2.15. The molecule has 0 saturated carbocycles. The summed E-state index contributed by atoms with van der Waals surface area (Å²) >= 11 is 1.69. The van der Waals surface area contributed by atoms with Gasteiger partial charge in [0.05, 0.1) is 5.69 Å². The number of ether oxygens (including phenoxy) is 1. The SMILES string of the molecule is CNCc1nc(-c2ccc(OCc3ccccc3)c(C(C)C)c2)cs1. The number of rotatable bonds is 7. The lowest BCUT2D eigenvalue weighted by atomic mass is 9.98. The Kier molecular flexibility index (Phi) is 5.84. The molecule has 3 rings (SSSR count). The quantitative estimate of drug-likeness (QED) is 0.632. The van der Waals surface area contributed by atoms with Crippen LogP contribution in [0.3, 0.4) is 0 Å². The van der Waals surface area contributed by atoms with E-state index in [-0.39, 0.29) is 0 Å². The monoisotopic (exact) mass is 352 g/mol. The average molecular weight is 353 g/mol. The molecule has 0 atom stereocenters. The molecule has 0 aliphatic heterocycles. The van der Waals surface area contributed by atoms with E-state index in [0.29, 0.717) is 12.5 Å². The summed E-state index contributed by atoms with van der Waals surface area (Å²) in [5.41, 5.74) is 4.58. The van der Waals surface area contributed by atoms with Crippen molar-refractivity contribution in [3.05, 3.63) is 70.0 Å². The molecule has 0 bridgehead atoms. The summed E-state index contributed by atoms with van der Waals surface area (Å²) in [6, 6.07) is 16.7. The van der Waals surface area contributed by atoms with Gasteiger partial charge in [-0.3, -0.25) is 0 Å². The van der Waals surface area contributed by atoms with Crippen molar-refractivity contribution >= 4 is 11.3 Å². The van der Waals surface area contributed by atoms with Crippen LogP contribution in [0.4, 0.5) is 0 Å². The number of aromatic nitrogens is 1. The Hall–Kier alpha value is -2.17. The number of hydrogen-bond acceptors (Lipinski definition) is 4. The van der Waals surface area contributed by atoms with Crippen molar-refractivity contribution in [2.45, 2.75) is 32.9 Å².